The lowest BCUT2D eigenvalue weighted by atomic mass is 9.88. The number of hydrogen-bond donors (Lipinski definition) is 1. The summed E-state index contributed by atoms with van der Waals surface area (Å²) >= 11 is 0. The van der Waals surface area contributed by atoms with Crippen LogP contribution in [-0.2, 0) is 37.7 Å². The van der Waals surface area contributed by atoms with Crippen molar-refractivity contribution in [3.63, 3.8) is 0 Å². The summed E-state index contributed by atoms with van der Waals surface area (Å²) < 4.78 is 36.2. The molecule has 0 aromatic heterocycles. The molecular formula is C38H66O9Si. The van der Waals surface area contributed by atoms with Gasteiger partial charge in [-0.3, -0.25) is 9.59 Å². The molecule has 2 aliphatic heterocycles. The number of aliphatic hydroxyl groups is 1. The highest BCUT2D eigenvalue weighted by Gasteiger charge is 2.48. The zero-order chi connectivity index (χ0) is 36.3. The molecule has 2 heterocycles. The third-order valence-corrected chi connectivity index (χ3v) is 15.4. The summed E-state index contributed by atoms with van der Waals surface area (Å²) in [5.74, 6) is -0.788. The Morgan fingerprint density at radius 3 is 2.35 bits per heavy atom. The molecule has 10 heteroatoms. The summed E-state index contributed by atoms with van der Waals surface area (Å²) in [6, 6.07) is 2.82. The first-order valence-corrected chi connectivity index (χ1v) is 20.6. The molecule has 1 N–H and O–H groups in total. The molecule has 0 aromatic carbocycles. The van der Waals surface area contributed by atoms with Crippen LogP contribution in [0.5, 0.6) is 0 Å². The second-order valence-corrected chi connectivity index (χ2v) is 19.2. The molecule has 0 aromatic rings. The maximum atomic E-state index is 13.5. The number of esters is 2. The highest BCUT2D eigenvalue weighted by atomic mass is 28.4. The minimum atomic E-state index is -2.07. The van der Waals surface area contributed by atoms with Crippen molar-refractivity contribution in [2.45, 2.75) is 167 Å². The third-order valence-electron chi connectivity index (χ3n) is 10.7. The summed E-state index contributed by atoms with van der Waals surface area (Å²) in [4.78, 5) is 25.6. The van der Waals surface area contributed by atoms with E-state index in [1.54, 1.807) is 27.2 Å². The first-order valence-electron chi connectivity index (χ1n) is 18.1. The van der Waals surface area contributed by atoms with Crippen molar-refractivity contribution in [1.82, 2.24) is 0 Å². The topological polar surface area (TPSA) is 113 Å². The van der Waals surface area contributed by atoms with Gasteiger partial charge in [-0.1, -0.05) is 65.8 Å². The van der Waals surface area contributed by atoms with E-state index in [1.807, 2.05) is 45.1 Å². The Bertz CT molecular complexity index is 1100. The van der Waals surface area contributed by atoms with E-state index in [2.05, 4.69) is 34.6 Å². The Hall–Kier alpha value is -1.82. The number of cyclic esters (lactones) is 1. The fourth-order valence-corrected chi connectivity index (χ4v) is 9.85. The third kappa shape index (κ3) is 12.2. The number of carbonyl (C=O) groups is 2. The summed E-state index contributed by atoms with van der Waals surface area (Å²) in [5.41, 5.74) is -1.06. The van der Waals surface area contributed by atoms with Crippen LogP contribution >= 0.6 is 0 Å². The van der Waals surface area contributed by atoms with Crippen LogP contribution in [-0.4, -0.2) is 87.4 Å². The second kappa shape index (κ2) is 19.0. The fourth-order valence-electron chi connectivity index (χ4n) is 6.94. The molecule has 1 fully saturated rings. The summed E-state index contributed by atoms with van der Waals surface area (Å²) in [5, 5.41) is 11.5. The average molecular weight is 695 g/mol. The van der Waals surface area contributed by atoms with Crippen molar-refractivity contribution >= 4 is 20.3 Å². The number of epoxide rings is 1. The lowest BCUT2D eigenvalue weighted by Crippen LogP contribution is -2.45. The van der Waals surface area contributed by atoms with E-state index in [4.69, 9.17) is 28.1 Å². The quantitative estimate of drug-likeness (QED) is 0.0578. The van der Waals surface area contributed by atoms with E-state index in [0.717, 1.165) is 30.1 Å². The molecule has 0 radical (unpaired) electrons. The van der Waals surface area contributed by atoms with Gasteiger partial charge in [0.2, 0.25) is 0 Å². The van der Waals surface area contributed by atoms with Crippen molar-refractivity contribution in [3.05, 3.63) is 36.0 Å². The smallest absolute Gasteiger partial charge is 0.308 e. The Labute approximate surface area is 291 Å². The molecule has 1 saturated heterocycles. The minimum Gasteiger partial charge on any atom is -0.457 e. The van der Waals surface area contributed by atoms with E-state index in [-0.39, 0.29) is 36.6 Å². The van der Waals surface area contributed by atoms with Crippen LogP contribution < -0.4 is 0 Å². The van der Waals surface area contributed by atoms with Crippen LogP contribution in [0.1, 0.15) is 101 Å². The first kappa shape index (κ1) is 42.3. The monoisotopic (exact) mass is 694 g/mol. The van der Waals surface area contributed by atoms with Crippen LogP contribution in [0.4, 0.5) is 0 Å². The standard InChI is InChI=1S/C38H66O9Si/c1-13-31(42-11)28(7)36-32(45-36)25-37(9,43-12)22-17-18-26(5)35-27(6)19-20-33(44-29(8)39)38(10,41)23-21-30(24-34(40)46-35)47-48(14-2,15-3)16-4/h17-20,22,27-28,30-33,35-36,41H,13-16,21,23-25H2,1-12H3/b20-19+,22-17+,26-18+/t27-,28+,30+,31-,32+,33-,35+,36+,37-,38+/m0/s1. The average Bonchev–Trinajstić information content (AvgIpc) is 3.81. The molecule has 0 unspecified atom stereocenters. The lowest BCUT2D eigenvalue weighted by molar-refractivity contribution is -0.157. The van der Waals surface area contributed by atoms with Gasteiger partial charge in [0, 0.05) is 39.4 Å². The molecule has 9 nitrogen and oxygen atoms in total. The molecule has 0 aliphatic carbocycles. The van der Waals surface area contributed by atoms with Gasteiger partial charge in [0.05, 0.1) is 36.4 Å². The Morgan fingerprint density at radius 1 is 1.17 bits per heavy atom. The van der Waals surface area contributed by atoms with E-state index in [1.165, 1.54) is 6.92 Å². The summed E-state index contributed by atoms with van der Waals surface area (Å²) in [7, 11) is 1.38. The molecule has 276 valence electrons. The van der Waals surface area contributed by atoms with Gasteiger partial charge in [-0.05, 0) is 69.8 Å². The molecule has 0 saturated carbocycles. The van der Waals surface area contributed by atoms with Crippen molar-refractivity contribution in [1.29, 1.82) is 0 Å². The van der Waals surface area contributed by atoms with Crippen molar-refractivity contribution in [3.8, 4) is 0 Å². The van der Waals surface area contributed by atoms with E-state index in [9.17, 15) is 14.7 Å². The van der Waals surface area contributed by atoms with Gasteiger partial charge >= 0.3 is 11.9 Å². The predicted molar refractivity (Wildman–Crippen MR) is 192 cm³/mol. The zero-order valence-corrected chi connectivity index (χ0v) is 32.9. The lowest BCUT2D eigenvalue weighted by Gasteiger charge is -2.36. The van der Waals surface area contributed by atoms with Crippen LogP contribution in [0.3, 0.4) is 0 Å². The number of allylic oxidation sites excluding steroid dienone is 2. The minimum absolute atomic E-state index is 0.0871. The largest absolute Gasteiger partial charge is 0.457 e. The summed E-state index contributed by atoms with van der Waals surface area (Å²) in [6.07, 6.45) is 10.5. The number of methoxy groups -OCH3 is 2. The Morgan fingerprint density at radius 2 is 1.81 bits per heavy atom. The van der Waals surface area contributed by atoms with Crippen LogP contribution in [0.2, 0.25) is 18.1 Å². The summed E-state index contributed by atoms with van der Waals surface area (Å²) in [6.45, 7) is 19.7. The molecule has 2 rings (SSSR count). The van der Waals surface area contributed by atoms with Gasteiger partial charge in [-0.15, -0.1) is 0 Å². The SMILES string of the molecule is CC[C@H](OC)[C@@H](C)[C@H]1O[C@@H]1C[C@](C)(/C=C/C=C(\C)[C@H]1OC(=O)C[C@H](O[Si](CC)(CC)CC)CC[C@@](C)(O)[C@@H](OC(C)=O)/C=C/[C@@H]1C)OC. The first-order chi connectivity index (χ1) is 22.5. The molecule has 10 atom stereocenters. The Kier molecular flexibility index (Phi) is 16.7. The maximum Gasteiger partial charge on any atom is 0.308 e. The maximum absolute atomic E-state index is 13.5. The van der Waals surface area contributed by atoms with Gasteiger partial charge in [0.25, 0.3) is 0 Å². The highest BCUT2D eigenvalue weighted by molar-refractivity contribution is 6.73. The fraction of sp³-hybridized carbons (Fsp3) is 0.789. The molecule has 0 amide bonds. The molecule has 0 spiro atoms. The zero-order valence-electron chi connectivity index (χ0n) is 31.9. The van der Waals surface area contributed by atoms with Gasteiger partial charge in [0.1, 0.15) is 17.8 Å². The van der Waals surface area contributed by atoms with Gasteiger partial charge in [-0.2, -0.15) is 0 Å². The molecule has 48 heavy (non-hydrogen) atoms. The molecular weight excluding hydrogens is 628 g/mol. The number of carbonyl (C=O) groups excluding carboxylic acids is 2. The van der Waals surface area contributed by atoms with Gasteiger partial charge in [0.15, 0.2) is 8.32 Å². The van der Waals surface area contributed by atoms with E-state index in [0.29, 0.717) is 25.2 Å². The van der Waals surface area contributed by atoms with Crippen LogP contribution in [0.25, 0.3) is 0 Å². The number of rotatable bonds is 16. The highest BCUT2D eigenvalue weighted by Crippen LogP contribution is 2.39. The number of hydrogen-bond acceptors (Lipinski definition) is 9. The van der Waals surface area contributed by atoms with Crippen molar-refractivity contribution < 1.29 is 42.8 Å². The number of ether oxygens (including phenoxy) is 5. The molecule has 2 aliphatic rings. The van der Waals surface area contributed by atoms with E-state index >= 15 is 0 Å². The second-order valence-electron chi connectivity index (χ2n) is 14.4. The van der Waals surface area contributed by atoms with Crippen LogP contribution in [0, 0.1) is 11.8 Å². The Balaban J connectivity index is 2.36. The van der Waals surface area contributed by atoms with Crippen molar-refractivity contribution in [2.75, 3.05) is 14.2 Å². The van der Waals surface area contributed by atoms with Crippen LogP contribution in [0.15, 0.2) is 36.0 Å². The molecule has 0 bridgehead atoms. The van der Waals surface area contributed by atoms with Crippen molar-refractivity contribution in [2.24, 2.45) is 11.8 Å². The van der Waals surface area contributed by atoms with Gasteiger partial charge in [-0.25, -0.2) is 0 Å². The van der Waals surface area contributed by atoms with Gasteiger partial charge < -0.3 is 33.2 Å². The van der Waals surface area contributed by atoms with E-state index < -0.39 is 43.8 Å². The predicted octanol–water partition coefficient (Wildman–Crippen LogP) is 7.47. The normalized spacial score (nSPS) is 32.4.